The zero-order valence-electron chi connectivity index (χ0n) is 9.41. The van der Waals surface area contributed by atoms with Crippen molar-refractivity contribution in [2.24, 2.45) is 5.14 Å². The Hall–Kier alpha value is -1.05. The molecule has 0 amide bonds. The number of hydrogen-bond donors (Lipinski definition) is 1. The maximum atomic E-state index is 11.2. The Balaban J connectivity index is 3.03. The molecule has 0 fully saturated rings. The highest BCUT2D eigenvalue weighted by Gasteiger charge is 2.29. The second-order valence-electron chi connectivity index (χ2n) is 3.57. The number of aryl methyl sites for hydroxylation is 1. The Kier molecular flexibility index (Phi) is 3.95. The van der Waals surface area contributed by atoms with Gasteiger partial charge in [0.15, 0.2) is 5.82 Å². The van der Waals surface area contributed by atoms with Crippen LogP contribution in [-0.4, -0.2) is 30.7 Å². The van der Waals surface area contributed by atoms with Gasteiger partial charge in [-0.15, -0.1) is 0 Å². The predicted octanol–water partition coefficient (Wildman–Crippen LogP) is 0.150. The Morgan fingerprint density at radius 1 is 1.38 bits per heavy atom. The van der Waals surface area contributed by atoms with Crippen LogP contribution >= 0.6 is 0 Å². The van der Waals surface area contributed by atoms with E-state index in [0.717, 1.165) is 5.56 Å². The van der Waals surface area contributed by atoms with E-state index in [-0.39, 0.29) is 0 Å². The largest absolute Gasteiger partial charge is 0.372 e. The van der Waals surface area contributed by atoms with Gasteiger partial charge in [0.25, 0.3) is 0 Å². The van der Waals surface area contributed by atoms with Gasteiger partial charge in [-0.05, 0) is 19.4 Å². The van der Waals surface area contributed by atoms with E-state index in [4.69, 9.17) is 9.88 Å². The first kappa shape index (κ1) is 13.0. The van der Waals surface area contributed by atoms with Crippen molar-refractivity contribution in [2.45, 2.75) is 25.2 Å². The molecule has 0 aliphatic rings. The van der Waals surface area contributed by atoms with E-state index in [1.54, 1.807) is 12.4 Å². The quantitative estimate of drug-likeness (QED) is 0.814. The van der Waals surface area contributed by atoms with Crippen LogP contribution in [0.1, 0.15) is 24.4 Å². The molecular formula is C9H15N3O3S. The minimum Gasteiger partial charge on any atom is -0.372 e. The fourth-order valence-electron chi connectivity index (χ4n) is 1.23. The highest BCUT2D eigenvalue weighted by Crippen LogP contribution is 2.20. The van der Waals surface area contributed by atoms with Gasteiger partial charge in [-0.2, -0.15) is 0 Å². The third-order valence-corrected chi connectivity index (χ3v) is 3.54. The maximum Gasteiger partial charge on any atom is 0.214 e. The average molecular weight is 245 g/mol. The molecule has 0 aliphatic carbocycles. The average Bonchev–Trinajstić information content (AvgIpc) is 2.20. The predicted molar refractivity (Wildman–Crippen MR) is 59.1 cm³/mol. The molecule has 2 N–H and O–H groups in total. The molecule has 1 unspecified atom stereocenters. The van der Waals surface area contributed by atoms with Gasteiger partial charge in [-0.25, -0.2) is 23.5 Å². The zero-order chi connectivity index (χ0) is 12.3. The Morgan fingerprint density at radius 2 is 1.88 bits per heavy atom. The summed E-state index contributed by atoms with van der Waals surface area (Å²) in [6.07, 6.45) is 2.45. The molecule has 6 nitrogen and oxygen atoms in total. The molecule has 0 radical (unpaired) electrons. The lowest BCUT2D eigenvalue weighted by molar-refractivity contribution is 0.0948. The number of ether oxygens (including phenoxy) is 1. The van der Waals surface area contributed by atoms with E-state index in [2.05, 4.69) is 9.97 Å². The number of nitrogens with zero attached hydrogens (tertiary/aromatic N) is 2. The lowest BCUT2D eigenvalue weighted by atomic mass is 10.2. The molecule has 1 rings (SSSR count). The van der Waals surface area contributed by atoms with Crippen LogP contribution in [0.25, 0.3) is 0 Å². The van der Waals surface area contributed by atoms with Gasteiger partial charge in [0, 0.05) is 19.5 Å². The summed E-state index contributed by atoms with van der Waals surface area (Å²) < 4.78 is 27.5. The van der Waals surface area contributed by atoms with Gasteiger partial charge >= 0.3 is 0 Å². The summed E-state index contributed by atoms with van der Waals surface area (Å²) in [6.45, 7) is 3.31. The van der Waals surface area contributed by atoms with Crippen LogP contribution in [0.5, 0.6) is 0 Å². The van der Waals surface area contributed by atoms with Crippen molar-refractivity contribution in [3.05, 3.63) is 23.8 Å². The van der Waals surface area contributed by atoms with Crippen LogP contribution in [0.4, 0.5) is 0 Å². The van der Waals surface area contributed by atoms with E-state index < -0.39 is 21.4 Å². The Morgan fingerprint density at radius 3 is 2.25 bits per heavy atom. The SMILES string of the molecule is CO[C@H](c1ncc(C)cn1)C(C)S(N)(=O)=O. The van der Waals surface area contributed by atoms with Crippen molar-refractivity contribution in [1.82, 2.24) is 9.97 Å². The van der Waals surface area contributed by atoms with E-state index >= 15 is 0 Å². The maximum absolute atomic E-state index is 11.2. The van der Waals surface area contributed by atoms with Crippen molar-refractivity contribution >= 4 is 10.0 Å². The first-order valence-electron chi connectivity index (χ1n) is 4.69. The second-order valence-corrected chi connectivity index (χ2v) is 5.49. The lowest BCUT2D eigenvalue weighted by Gasteiger charge is -2.19. The number of methoxy groups -OCH3 is 1. The molecule has 0 saturated carbocycles. The van der Waals surface area contributed by atoms with Crippen LogP contribution in [0.2, 0.25) is 0 Å². The number of rotatable bonds is 4. The summed E-state index contributed by atoms with van der Waals surface area (Å²) in [5.41, 5.74) is 0.891. The summed E-state index contributed by atoms with van der Waals surface area (Å²) in [4.78, 5) is 8.06. The number of sulfonamides is 1. The van der Waals surface area contributed by atoms with Gasteiger partial charge in [0.1, 0.15) is 11.4 Å². The van der Waals surface area contributed by atoms with Crippen LogP contribution < -0.4 is 5.14 Å². The van der Waals surface area contributed by atoms with Crippen LogP contribution in [0.15, 0.2) is 12.4 Å². The standard InChI is InChI=1S/C9H15N3O3S/c1-6-4-11-9(12-5-6)8(15-3)7(2)16(10,13)14/h4-5,7-8H,1-3H3,(H2,10,13,14)/t7?,8-/m0/s1. The third kappa shape index (κ3) is 2.97. The molecule has 0 saturated heterocycles. The minimum atomic E-state index is -3.68. The summed E-state index contributed by atoms with van der Waals surface area (Å²) in [5, 5.41) is 4.17. The minimum absolute atomic E-state index is 0.314. The van der Waals surface area contributed by atoms with Crippen LogP contribution in [0, 0.1) is 6.92 Å². The van der Waals surface area contributed by atoms with Crippen molar-refractivity contribution in [2.75, 3.05) is 7.11 Å². The van der Waals surface area contributed by atoms with Crippen molar-refractivity contribution in [3.63, 3.8) is 0 Å². The van der Waals surface area contributed by atoms with E-state index in [1.807, 2.05) is 6.92 Å². The molecule has 90 valence electrons. The van der Waals surface area contributed by atoms with Gasteiger partial charge in [-0.3, -0.25) is 0 Å². The molecule has 0 aliphatic heterocycles. The second kappa shape index (κ2) is 4.86. The molecular weight excluding hydrogens is 230 g/mol. The molecule has 1 aromatic rings. The fraction of sp³-hybridized carbons (Fsp3) is 0.556. The first-order valence-corrected chi connectivity index (χ1v) is 6.30. The normalized spacial score (nSPS) is 15.8. The molecule has 1 heterocycles. The highest BCUT2D eigenvalue weighted by molar-refractivity contribution is 7.89. The van der Waals surface area contributed by atoms with Crippen molar-refractivity contribution in [1.29, 1.82) is 0 Å². The monoisotopic (exact) mass is 245 g/mol. The van der Waals surface area contributed by atoms with E-state index in [0.29, 0.717) is 5.82 Å². The fourth-order valence-corrected chi connectivity index (χ4v) is 1.81. The molecule has 0 spiro atoms. The molecule has 2 atom stereocenters. The molecule has 16 heavy (non-hydrogen) atoms. The number of aromatic nitrogens is 2. The van der Waals surface area contributed by atoms with E-state index in [9.17, 15) is 8.42 Å². The van der Waals surface area contributed by atoms with E-state index in [1.165, 1.54) is 14.0 Å². The smallest absolute Gasteiger partial charge is 0.214 e. The van der Waals surface area contributed by atoms with Crippen LogP contribution in [-0.2, 0) is 14.8 Å². The van der Waals surface area contributed by atoms with Gasteiger partial charge in [0.05, 0.1) is 0 Å². The number of hydrogen-bond acceptors (Lipinski definition) is 5. The topological polar surface area (TPSA) is 95.2 Å². The third-order valence-electron chi connectivity index (χ3n) is 2.25. The summed E-state index contributed by atoms with van der Waals surface area (Å²) in [6, 6.07) is 0. The molecule has 1 aromatic heterocycles. The van der Waals surface area contributed by atoms with Gasteiger partial charge in [0.2, 0.25) is 10.0 Å². The summed E-state index contributed by atoms with van der Waals surface area (Å²) in [5.74, 6) is 0.314. The molecule has 7 heteroatoms. The summed E-state index contributed by atoms with van der Waals surface area (Å²) in [7, 11) is -2.28. The lowest BCUT2D eigenvalue weighted by Crippen LogP contribution is -2.33. The van der Waals surface area contributed by atoms with Crippen LogP contribution in [0.3, 0.4) is 0 Å². The molecule has 0 bridgehead atoms. The van der Waals surface area contributed by atoms with Crippen molar-refractivity contribution in [3.8, 4) is 0 Å². The number of nitrogens with two attached hydrogens (primary N) is 1. The van der Waals surface area contributed by atoms with Gasteiger partial charge in [-0.1, -0.05) is 0 Å². The number of primary sulfonamides is 1. The van der Waals surface area contributed by atoms with Gasteiger partial charge < -0.3 is 4.74 Å². The summed E-state index contributed by atoms with van der Waals surface area (Å²) >= 11 is 0. The zero-order valence-corrected chi connectivity index (χ0v) is 10.2. The molecule has 0 aromatic carbocycles. The Labute approximate surface area is 94.9 Å². The Bertz CT molecular complexity index is 444. The highest BCUT2D eigenvalue weighted by atomic mass is 32.2. The first-order chi connectivity index (χ1) is 7.36. The van der Waals surface area contributed by atoms with Crippen molar-refractivity contribution < 1.29 is 13.2 Å².